The second kappa shape index (κ2) is 65.1. The molecular weight excluding hydrogens is 620 g/mol. The molecule has 0 unspecified atom stereocenters. The summed E-state index contributed by atoms with van der Waals surface area (Å²) >= 11 is 6.81. The van der Waals surface area contributed by atoms with Gasteiger partial charge in [0.25, 0.3) is 0 Å². The monoisotopic (exact) mass is 637 g/mol. The Morgan fingerprint density at radius 2 is 1.11 bits per heavy atom. The van der Waals surface area contributed by atoms with Crippen molar-refractivity contribution in [1.29, 1.82) is 0 Å². The molecule has 0 N–H and O–H groups in total. The summed E-state index contributed by atoms with van der Waals surface area (Å²) in [5.41, 5.74) is 0. The fourth-order valence-electron chi connectivity index (χ4n) is 0.273. The van der Waals surface area contributed by atoms with Gasteiger partial charge in [-0.15, -0.1) is 0 Å². The van der Waals surface area contributed by atoms with Gasteiger partial charge in [0.2, 0.25) is 0 Å². The summed E-state index contributed by atoms with van der Waals surface area (Å²) in [5, 5.41) is 0. The number of hydrogen-bond donors (Lipinski definition) is 0. The first kappa shape index (κ1) is 64.2. The Balaban J connectivity index is -0.00000000848. The summed E-state index contributed by atoms with van der Waals surface area (Å²) in [4.78, 5) is 1.97. The van der Waals surface area contributed by atoms with Crippen molar-refractivity contribution in [3.05, 3.63) is 7.05 Å². The predicted octanol–water partition coefficient (Wildman–Crippen LogP) is 1.72. The van der Waals surface area contributed by atoms with E-state index in [4.69, 9.17) is 0 Å². The van der Waals surface area contributed by atoms with Crippen molar-refractivity contribution in [2.75, 3.05) is 6.54 Å². The van der Waals surface area contributed by atoms with Crippen molar-refractivity contribution >= 4 is 4.73 Å². The van der Waals surface area contributed by atoms with Crippen molar-refractivity contribution < 1.29 is 176 Å². The minimum absolute atomic E-state index is 0. The molecule has 0 heterocycles. The van der Waals surface area contributed by atoms with Crippen molar-refractivity contribution in [2.24, 2.45) is 0 Å². The van der Waals surface area contributed by atoms with Gasteiger partial charge in [0, 0.05) is 130 Å². The van der Waals surface area contributed by atoms with Crippen LogP contribution in [0.15, 0.2) is 0 Å². The first-order valence-corrected chi connectivity index (χ1v) is 7.72. The summed E-state index contributed by atoms with van der Waals surface area (Å²) in [6, 6.07) is 0.520. The average molecular weight is 637 g/mol. The quantitative estimate of drug-likeness (QED) is 0.427. The van der Waals surface area contributed by atoms with Gasteiger partial charge in [-0.25, -0.2) is 0 Å². The Hall–Kier alpha value is 5.67. The molecule has 1 nitrogen and oxygen atoms in total. The average Bonchev–Trinajstić information content (AvgIpc) is 2.12. The Morgan fingerprint density at radius 3 is 1.16 bits per heavy atom. The molecule has 0 aliphatic carbocycles. The Morgan fingerprint density at radius 1 is 0.895 bits per heavy atom. The Bertz CT molecular complexity index is 95.6. The first-order chi connectivity index (χ1) is 5.68. The van der Waals surface area contributed by atoms with Crippen LogP contribution in [0.5, 0.6) is 0 Å². The maximum absolute atomic E-state index is 3.79. The van der Waals surface area contributed by atoms with E-state index in [9.17, 15) is 0 Å². The predicted molar refractivity (Wildman–Crippen MR) is 43.6 cm³/mol. The van der Waals surface area contributed by atoms with Crippen LogP contribution in [0.2, 0.25) is 0 Å². The molecule has 19 heavy (non-hydrogen) atoms. The number of rotatable bonds is 3. The van der Waals surface area contributed by atoms with E-state index in [-0.39, 0.29) is 130 Å². The van der Waals surface area contributed by atoms with Gasteiger partial charge < -0.3 is 0 Å². The van der Waals surface area contributed by atoms with E-state index in [0.717, 1.165) is 6.54 Å². The third-order valence-electron chi connectivity index (χ3n) is 1.00. The van der Waals surface area contributed by atoms with Gasteiger partial charge in [0.1, 0.15) is 0 Å². The fourth-order valence-corrected chi connectivity index (χ4v) is 0.557. The molecule has 0 aromatic heterocycles. The molecule has 0 fully saturated rings. The van der Waals surface area contributed by atoms with Gasteiger partial charge in [0.05, 0.1) is 0 Å². The number of nitrogens with zero attached hydrogens (tertiary/aromatic N) is 1. The third-order valence-corrected chi connectivity index (χ3v) is 1.22. The fraction of sp³-hybridized carbons (Fsp3) is 0.750. The zero-order valence-corrected chi connectivity index (χ0v) is 25.4. The molecule has 0 amide bonds. The molecule has 0 aliphatic rings. The summed E-state index contributed by atoms with van der Waals surface area (Å²) in [5.74, 6) is 0. The van der Waals surface area contributed by atoms with Crippen LogP contribution in [-0.4, -0.2) is 22.2 Å². The summed E-state index contributed by atoms with van der Waals surface area (Å²) in [6.45, 7) is 9.05. The first-order valence-electron chi connectivity index (χ1n) is 3.82. The van der Waals surface area contributed by atoms with Crippen LogP contribution in [0.3, 0.4) is 0 Å². The van der Waals surface area contributed by atoms with Crippen molar-refractivity contribution in [3.63, 3.8) is 0 Å². The Labute approximate surface area is 229 Å². The molecule has 0 saturated carbocycles. The summed E-state index contributed by atoms with van der Waals surface area (Å²) in [7, 11) is 3.79. The van der Waals surface area contributed by atoms with Gasteiger partial charge in [-0.2, -0.15) is 0 Å². The molecule has 106 valence electrons. The number of hydrogen-bond acceptors (Lipinski definition) is 1. The van der Waals surface area contributed by atoms with E-state index < -0.39 is 0 Å². The van der Waals surface area contributed by atoms with E-state index in [2.05, 4.69) is 71.9 Å². The van der Waals surface area contributed by atoms with E-state index in [1.54, 1.807) is 0 Å². The van der Waals surface area contributed by atoms with E-state index in [1.807, 2.05) is 18.7 Å². The van der Waals surface area contributed by atoms with Crippen LogP contribution in [0.25, 0.3) is 0 Å². The van der Waals surface area contributed by atoms with Gasteiger partial charge in [-0.3, -0.25) is 0 Å². The Kier molecular flexibility index (Phi) is 220. The molecule has 0 rings (SSSR count). The van der Waals surface area contributed by atoms with Gasteiger partial charge in [0.15, 0.2) is 0 Å². The standard InChI is InChI=1S/C6H11N.C2H6.10V/c1-5-7(4)6(2)3;1-2;;;;;;;;;;/h6H,4-5H2,2-3H3;1-2H3;;;;;;;;;;/q-2;;;;;;;;;;;. The van der Waals surface area contributed by atoms with E-state index >= 15 is 0 Å². The second-order valence-electron chi connectivity index (χ2n) is 2.00. The molecule has 0 atom stereocenters. The van der Waals surface area contributed by atoms with Crippen LogP contribution in [0.4, 0.5) is 0 Å². The van der Waals surface area contributed by atoms with E-state index in [0.29, 0.717) is 6.04 Å². The minimum atomic E-state index is 0. The molecule has 7 radical (unpaired) electrons. The molecule has 0 aromatic rings. The van der Waals surface area contributed by atoms with Crippen molar-refractivity contribution in [2.45, 2.75) is 33.7 Å². The van der Waals surface area contributed by atoms with Crippen LogP contribution in [0.1, 0.15) is 27.7 Å². The van der Waals surface area contributed by atoms with Crippen LogP contribution in [0, 0.1) is 7.05 Å². The van der Waals surface area contributed by atoms with E-state index in [1.165, 1.54) is 0 Å². The summed E-state index contributed by atoms with van der Waals surface area (Å²) in [6.07, 6.45) is 0. The molecule has 0 spiro atoms. The van der Waals surface area contributed by atoms with Crippen LogP contribution >= 0.6 is 0 Å². The van der Waals surface area contributed by atoms with Crippen molar-refractivity contribution in [3.8, 4) is 0 Å². The third kappa shape index (κ3) is 69.2. The zero-order chi connectivity index (χ0) is 10.6. The molecule has 11 heteroatoms. The van der Waals surface area contributed by atoms with Gasteiger partial charge in [-0.1, -0.05) is 13.8 Å². The summed E-state index contributed by atoms with van der Waals surface area (Å²) < 4.78 is 2.95. The molecular formula is C8H17NV10-2. The van der Waals surface area contributed by atoms with Gasteiger partial charge >= 0.3 is 89.4 Å². The van der Waals surface area contributed by atoms with Crippen LogP contribution < -0.4 is 0 Å². The molecule has 0 saturated heterocycles. The second-order valence-corrected chi connectivity index (χ2v) is 2.49. The molecule has 0 aromatic carbocycles. The normalized spacial score (nSPS) is 4.84. The molecule has 0 aliphatic heterocycles. The topological polar surface area (TPSA) is 3.24 Å². The maximum atomic E-state index is 3.79. The van der Waals surface area contributed by atoms with Gasteiger partial charge in [-0.05, 0) is 0 Å². The van der Waals surface area contributed by atoms with Crippen molar-refractivity contribution in [1.82, 2.24) is 4.90 Å². The van der Waals surface area contributed by atoms with Crippen LogP contribution in [-0.2, 0) is 176 Å². The molecule has 0 bridgehead atoms. The zero-order valence-electron chi connectivity index (χ0n) is 11.4. The SMILES string of the molecule is CC.[CH2-]N(C[C-]=[V])C(C)C.[V].[V].[V].[V].[V].[V].[V].[V]=[V].